The first-order chi connectivity index (χ1) is 6.73. The lowest BCUT2D eigenvalue weighted by molar-refractivity contribution is 0.132. The molecule has 92 valence electrons. The highest BCUT2D eigenvalue weighted by Crippen LogP contribution is 2.23. The van der Waals surface area contributed by atoms with Gasteiger partial charge in [0.15, 0.2) is 0 Å². The molecular weight excluding hydrogens is 190 g/mol. The van der Waals surface area contributed by atoms with E-state index in [1.165, 1.54) is 0 Å². The molecule has 0 saturated carbocycles. The minimum Gasteiger partial charge on any atom is -0.396 e. The van der Waals surface area contributed by atoms with Gasteiger partial charge < -0.3 is 15.5 Å². The Hall–Kier alpha value is -0.120. The van der Waals surface area contributed by atoms with Crippen molar-refractivity contribution in [1.29, 1.82) is 0 Å². The van der Waals surface area contributed by atoms with E-state index in [9.17, 15) is 0 Å². The molecule has 0 heterocycles. The summed E-state index contributed by atoms with van der Waals surface area (Å²) >= 11 is 0. The van der Waals surface area contributed by atoms with Gasteiger partial charge in [0, 0.05) is 31.2 Å². The third-order valence-electron chi connectivity index (χ3n) is 2.72. The number of aliphatic hydroxyl groups is 2. The van der Waals surface area contributed by atoms with Crippen molar-refractivity contribution in [3.05, 3.63) is 0 Å². The summed E-state index contributed by atoms with van der Waals surface area (Å²) in [5, 5.41) is 21.6. The van der Waals surface area contributed by atoms with Crippen molar-refractivity contribution in [2.75, 3.05) is 19.8 Å². The monoisotopic (exact) mass is 217 g/mol. The van der Waals surface area contributed by atoms with Crippen LogP contribution in [0.1, 0.15) is 41.0 Å². The molecule has 3 nitrogen and oxygen atoms in total. The van der Waals surface area contributed by atoms with Crippen molar-refractivity contribution in [1.82, 2.24) is 5.32 Å². The summed E-state index contributed by atoms with van der Waals surface area (Å²) in [5.74, 6) is 0. The summed E-state index contributed by atoms with van der Waals surface area (Å²) in [5.41, 5.74) is 0.0349. The molecule has 3 heteroatoms. The Bertz CT molecular complexity index is 173. The van der Waals surface area contributed by atoms with E-state index in [0.717, 1.165) is 13.0 Å². The average Bonchev–Trinajstić information content (AvgIpc) is 2.10. The SMILES string of the molecule is CC(C)(CO)CNC(CCO)C(C)(C)C. The van der Waals surface area contributed by atoms with Gasteiger partial charge in [-0.1, -0.05) is 34.6 Å². The van der Waals surface area contributed by atoms with Crippen LogP contribution in [0.4, 0.5) is 0 Å². The third-order valence-corrected chi connectivity index (χ3v) is 2.72. The van der Waals surface area contributed by atoms with E-state index in [1.807, 2.05) is 13.8 Å². The molecule has 0 fully saturated rings. The Labute approximate surface area is 93.9 Å². The molecule has 1 unspecified atom stereocenters. The van der Waals surface area contributed by atoms with Gasteiger partial charge in [0.05, 0.1) is 0 Å². The second-order valence-corrected chi connectivity index (χ2v) is 6.13. The molecular formula is C12H27NO2. The van der Waals surface area contributed by atoms with Crippen molar-refractivity contribution in [3.63, 3.8) is 0 Å². The van der Waals surface area contributed by atoms with E-state index < -0.39 is 0 Å². The van der Waals surface area contributed by atoms with Gasteiger partial charge in [-0.2, -0.15) is 0 Å². The summed E-state index contributed by atoms with van der Waals surface area (Å²) in [4.78, 5) is 0. The zero-order chi connectivity index (χ0) is 12.1. The lowest BCUT2D eigenvalue weighted by Gasteiger charge is -2.34. The fourth-order valence-corrected chi connectivity index (χ4v) is 1.43. The van der Waals surface area contributed by atoms with Gasteiger partial charge in [0.2, 0.25) is 0 Å². The van der Waals surface area contributed by atoms with Crippen LogP contribution in [0.25, 0.3) is 0 Å². The minimum atomic E-state index is -0.0983. The Morgan fingerprint density at radius 3 is 1.93 bits per heavy atom. The normalized spacial score (nSPS) is 15.4. The first-order valence-electron chi connectivity index (χ1n) is 5.68. The van der Waals surface area contributed by atoms with E-state index in [-0.39, 0.29) is 30.1 Å². The van der Waals surface area contributed by atoms with E-state index in [0.29, 0.717) is 0 Å². The van der Waals surface area contributed by atoms with Gasteiger partial charge in [-0.25, -0.2) is 0 Å². The first-order valence-corrected chi connectivity index (χ1v) is 5.68. The zero-order valence-electron chi connectivity index (χ0n) is 10.8. The number of hydrogen-bond acceptors (Lipinski definition) is 3. The summed E-state index contributed by atoms with van der Waals surface area (Å²) in [7, 11) is 0. The van der Waals surface area contributed by atoms with Crippen LogP contribution in [0.15, 0.2) is 0 Å². The Balaban J connectivity index is 4.19. The molecule has 15 heavy (non-hydrogen) atoms. The smallest absolute Gasteiger partial charge is 0.0494 e. The van der Waals surface area contributed by atoms with Gasteiger partial charge in [0.25, 0.3) is 0 Å². The number of aliphatic hydroxyl groups excluding tert-OH is 2. The highest BCUT2D eigenvalue weighted by molar-refractivity contribution is 4.82. The molecule has 3 N–H and O–H groups in total. The van der Waals surface area contributed by atoms with Crippen LogP contribution in [-0.4, -0.2) is 36.0 Å². The van der Waals surface area contributed by atoms with Crippen LogP contribution in [-0.2, 0) is 0 Å². The van der Waals surface area contributed by atoms with Crippen LogP contribution >= 0.6 is 0 Å². The lowest BCUT2D eigenvalue weighted by Crippen LogP contribution is -2.45. The molecule has 0 aliphatic heterocycles. The number of hydrogen-bond donors (Lipinski definition) is 3. The van der Waals surface area contributed by atoms with E-state index in [2.05, 4.69) is 26.1 Å². The molecule has 0 amide bonds. The molecule has 0 aliphatic rings. The predicted octanol–water partition coefficient (Wildman–Crippen LogP) is 1.39. The average molecular weight is 217 g/mol. The van der Waals surface area contributed by atoms with E-state index in [4.69, 9.17) is 10.2 Å². The van der Waals surface area contributed by atoms with Crippen LogP contribution in [0.5, 0.6) is 0 Å². The second kappa shape index (κ2) is 5.83. The van der Waals surface area contributed by atoms with Crippen LogP contribution < -0.4 is 5.32 Å². The molecule has 0 spiro atoms. The molecule has 0 aromatic carbocycles. The van der Waals surface area contributed by atoms with E-state index in [1.54, 1.807) is 0 Å². The number of rotatable bonds is 6. The molecule has 1 atom stereocenters. The Kier molecular flexibility index (Phi) is 5.78. The molecule has 0 rings (SSSR count). The summed E-state index contributed by atoms with van der Waals surface area (Å²) in [6, 6.07) is 0.285. The summed E-state index contributed by atoms with van der Waals surface area (Å²) < 4.78 is 0. The topological polar surface area (TPSA) is 52.5 Å². The molecule has 0 saturated heterocycles. The highest BCUT2D eigenvalue weighted by Gasteiger charge is 2.26. The van der Waals surface area contributed by atoms with Gasteiger partial charge in [-0.15, -0.1) is 0 Å². The molecule has 0 radical (unpaired) electrons. The van der Waals surface area contributed by atoms with Gasteiger partial charge in [0.1, 0.15) is 0 Å². The maximum absolute atomic E-state index is 9.15. The third kappa shape index (κ3) is 6.13. The van der Waals surface area contributed by atoms with Crippen molar-refractivity contribution in [3.8, 4) is 0 Å². The molecule has 0 aliphatic carbocycles. The van der Waals surface area contributed by atoms with Crippen molar-refractivity contribution in [2.45, 2.75) is 47.1 Å². The minimum absolute atomic E-state index is 0.0983. The largest absolute Gasteiger partial charge is 0.396 e. The molecule has 0 aromatic heterocycles. The Morgan fingerprint density at radius 1 is 1.07 bits per heavy atom. The maximum Gasteiger partial charge on any atom is 0.0494 e. The van der Waals surface area contributed by atoms with Gasteiger partial charge in [-0.05, 0) is 11.8 Å². The van der Waals surface area contributed by atoms with Crippen molar-refractivity contribution >= 4 is 0 Å². The first kappa shape index (κ1) is 14.9. The second-order valence-electron chi connectivity index (χ2n) is 6.13. The quantitative estimate of drug-likeness (QED) is 0.630. The summed E-state index contributed by atoms with van der Waals surface area (Å²) in [6.45, 7) is 11.7. The summed E-state index contributed by atoms with van der Waals surface area (Å²) in [6.07, 6.45) is 0.755. The fourth-order valence-electron chi connectivity index (χ4n) is 1.43. The number of nitrogens with one attached hydrogen (secondary N) is 1. The Morgan fingerprint density at radius 2 is 1.60 bits per heavy atom. The van der Waals surface area contributed by atoms with Crippen molar-refractivity contribution in [2.24, 2.45) is 10.8 Å². The highest BCUT2D eigenvalue weighted by atomic mass is 16.3. The van der Waals surface area contributed by atoms with Crippen LogP contribution in [0.3, 0.4) is 0 Å². The van der Waals surface area contributed by atoms with Crippen LogP contribution in [0, 0.1) is 10.8 Å². The van der Waals surface area contributed by atoms with Crippen LogP contribution in [0.2, 0.25) is 0 Å². The molecule has 0 aromatic rings. The standard InChI is InChI=1S/C12H27NO2/c1-11(2,3)10(6-7-14)13-8-12(4,5)9-15/h10,13-15H,6-9H2,1-5H3. The van der Waals surface area contributed by atoms with Gasteiger partial charge in [-0.3, -0.25) is 0 Å². The van der Waals surface area contributed by atoms with Gasteiger partial charge >= 0.3 is 0 Å². The lowest BCUT2D eigenvalue weighted by atomic mass is 9.84. The fraction of sp³-hybridized carbons (Fsp3) is 1.00. The maximum atomic E-state index is 9.15. The molecule has 0 bridgehead atoms. The van der Waals surface area contributed by atoms with E-state index >= 15 is 0 Å². The predicted molar refractivity (Wildman–Crippen MR) is 63.8 cm³/mol. The van der Waals surface area contributed by atoms with Crippen molar-refractivity contribution < 1.29 is 10.2 Å². The zero-order valence-corrected chi connectivity index (χ0v) is 10.8.